The zero-order valence-electron chi connectivity index (χ0n) is 15.8. The first-order valence-corrected chi connectivity index (χ1v) is 10.4. The molecule has 0 radical (unpaired) electrons. The minimum absolute atomic E-state index is 0.0549. The second-order valence-electron chi connectivity index (χ2n) is 8.53. The number of sulfone groups is 1. The Morgan fingerprint density at radius 3 is 2.32 bits per heavy atom. The van der Waals surface area contributed by atoms with E-state index in [-0.39, 0.29) is 23.4 Å². The Hall–Kier alpha value is -1.21. The van der Waals surface area contributed by atoms with Crippen molar-refractivity contribution in [2.75, 3.05) is 19.0 Å². The Kier molecular flexibility index (Phi) is 5.78. The fraction of sp³-hybridized carbons (Fsp3) is 0.778. The molecule has 0 N–H and O–H groups in total. The maximum Gasteiger partial charge on any atom is 0.154 e. The molecule has 0 aliphatic carbocycles. The molecule has 0 atom stereocenters. The molecule has 142 valence electrons. The van der Waals surface area contributed by atoms with E-state index in [9.17, 15) is 13.2 Å². The number of ketones is 1. The molecular weight excluding hydrogens is 342 g/mol. The molecule has 1 aliphatic rings. The Morgan fingerprint density at radius 1 is 1.20 bits per heavy atom. The van der Waals surface area contributed by atoms with E-state index >= 15 is 0 Å². The summed E-state index contributed by atoms with van der Waals surface area (Å²) in [4.78, 5) is 12.7. The van der Waals surface area contributed by atoms with Crippen molar-refractivity contribution < 1.29 is 22.5 Å². The van der Waals surface area contributed by atoms with Crippen LogP contribution in [0.3, 0.4) is 0 Å². The summed E-state index contributed by atoms with van der Waals surface area (Å²) in [6.07, 6.45) is 1.06. The Morgan fingerprint density at radius 2 is 1.80 bits per heavy atom. The van der Waals surface area contributed by atoms with Crippen LogP contribution in [0, 0.1) is 5.41 Å². The second-order valence-corrected chi connectivity index (χ2v) is 10.8. The normalized spacial score (nSPS) is 17.6. The zero-order valence-corrected chi connectivity index (χ0v) is 16.6. The highest BCUT2D eigenvalue weighted by Gasteiger charge is 2.38. The van der Waals surface area contributed by atoms with Gasteiger partial charge in [-0.1, -0.05) is 39.8 Å². The van der Waals surface area contributed by atoms with Gasteiger partial charge in [0.1, 0.15) is 11.5 Å². The van der Waals surface area contributed by atoms with Crippen LogP contribution in [0.1, 0.15) is 58.9 Å². The summed E-state index contributed by atoms with van der Waals surface area (Å²) in [6.45, 7) is 10.3. The van der Waals surface area contributed by atoms with Crippen molar-refractivity contribution in [3.05, 3.63) is 17.5 Å². The van der Waals surface area contributed by atoms with E-state index in [1.807, 2.05) is 20.8 Å². The second kappa shape index (κ2) is 7.19. The quantitative estimate of drug-likeness (QED) is 0.764. The van der Waals surface area contributed by atoms with E-state index in [4.69, 9.17) is 9.26 Å². The molecule has 0 bridgehead atoms. The summed E-state index contributed by atoms with van der Waals surface area (Å²) in [7, 11) is -3.34. The van der Waals surface area contributed by atoms with Crippen LogP contribution in [0.5, 0.6) is 0 Å². The number of nitrogens with zero attached hydrogens (tertiary/aromatic N) is 1. The number of carbonyl (C=O) groups excluding carboxylic acids is 1. The van der Waals surface area contributed by atoms with Gasteiger partial charge < -0.3 is 9.26 Å². The number of carbonyl (C=O) groups is 1. The molecule has 2 rings (SSSR count). The molecule has 0 amide bonds. The van der Waals surface area contributed by atoms with Crippen molar-refractivity contribution in [3.63, 3.8) is 0 Å². The van der Waals surface area contributed by atoms with Crippen molar-refractivity contribution in [2.45, 2.75) is 64.5 Å². The van der Waals surface area contributed by atoms with E-state index in [1.54, 1.807) is 19.9 Å². The number of ether oxygens (including phenoxy) is 1. The monoisotopic (exact) mass is 371 g/mol. The summed E-state index contributed by atoms with van der Waals surface area (Å²) in [5.74, 6) is 0.176. The molecule has 1 saturated heterocycles. The maximum atomic E-state index is 12.7. The van der Waals surface area contributed by atoms with Gasteiger partial charge in [0.15, 0.2) is 9.84 Å². The molecular formula is C18H29NO5S. The topological polar surface area (TPSA) is 86.5 Å². The number of rotatable bonds is 6. The summed E-state index contributed by atoms with van der Waals surface area (Å²) in [5.41, 5.74) is -0.346. The largest absolute Gasteiger partial charge is 0.381 e. The van der Waals surface area contributed by atoms with Gasteiger partial charge in [0.2, 0.25) is 0 Å². The third-order valence-electron chi connectivity index (χ3n) is 4.66. The minimum Gasteiger partial charge on any atom is -0.381 e. The molecule has 2 heterocycles. The lowest BCUT2D eigenvalue weighted by Gasteiger charge is -2.28. The third-order valence-corrected chi connectivity index (χ3v) is 7.27. The molecule has 0 unspecified atom stereocenters. The smallest absolute Gasteiger partial charge is 0.154 e. The molecule has 25 heavy (non-hydrogen) atoms. The molecule has 1 aromatic rings. The Balaban J connectivity index is 2.05. The van der Waals surface area contributed by atoms with Crippen molar-refractivity contribution in [1.29, 1.82) is 0 Å². The van der Waals surface area contributed by atoms with E-state index < -0.39 is 20.5 Å². The molecule has 1 fully saturated rings. The molecule has 1 aliphatic heterocycles. The average Bonchev–Trinajstić information content (AvgIpc) is 2.96. The van der Waals surface area contributed by atoms with Gasteiger partial charge in [-0.2, -0.15) is 0 Å². The van der Waals surface area contributed by atoms with Crippen molar-refractivity contribution >= 4 is 15.6 Å². The number of hydrogen-bond acceptors (Lipinski definition) is 6. The summed E-state index contributed by atoms with van der Waals surface area (Å²) in [5, 5.41) is 3.60. The molecule has 7 heteroatoms. The van der Waals surface area contributed by atoms with Gasteiger partial charge in [-0.3, -0.25) is 4.79 Å². The Bertz CT molecular complexity index is 706. The van der Waals surface area contributed by atoms with Crippen LogP contribution in [-0.4, -0.2) is 43.6 Å². The van der Waals surface area contributed by atoms with Gasteiger partial charge in [-0.15, -0.1) is 0 Å². The summed E-state index contributed by atoms with van der Waals surface area (Å²) >= 11 is 0. The van der Waals surface area contributed by atoms with E-state index in [0.717, 1.165) is 5.69 Å². The van der Waals surface area contributed by atoms with Gasteiger partial charge in [0, 0.05) is 30.1 Å². The standard InChI is InChI=1S/C18H29NO5S/c1-17(2,3)15-10-13(24-19-15)11-16(20)18(4,5)12-25(21,22)14-6-8-23-9-7-14/h10,14H,6-9,11-12H2,1-5H3. The van der Waals surface area contributed by atoms with Crippen LogP contribution in [0.4, 0.5) is 0 Å². The highest BCUT2D eigenvalue weighted by atomic mass is 32.2. The van der Waals surface area contributed by atoms with Crippen LogP contribution in [0.15, 0.2) is 10.6 Å². The Labute approximate surface area is 150 Å². The zero-order chi connectivity index (χ0) is 18.9. The van der Waals surface area contributed by atoms with Crippen molar-refractivity contribution in [2.24, 2.45) is 5.41 Å². The van der Waals surface area contributed by atoms with Crippen molar-refractivity contribution in [1.82, 2.24) is 5.16 Å². The van der Waals surface area contributed by atoms with E-state index in [2.05, 4.69) is 5.16 Å². The first-order chi connectivity index (χ1) is 11.4. The van der Waals surface area contributed by atoms with Crippen LogP contribution in [0.2, 0.25) is 0 Å². The highest BCUT2D eigenvalue weighted by Crippen LogP contribution is 2.28. The molecule has 0 aromatic carbocycles. The highest BCUT2D eigenvalue weighted by molar-refractivity contribution is 7.92. The van der Waals surface area contributed by atoms with Gasteiger partial charge in [-0.05, 0) is 12.8 Å². The number of aromatic nitrogens is 1. The van der Waals surface area contributed by atoms with Gasteiger partial charge >= 0.3 is 0 Å². The van der Waals surface area contributed by atoms with Gasteiger partial charge in [-0.25, -0.2) is 8.42 Å². The SMILES string of the molecule is CC(C)(CS(=O)(=O)C1CCOCC1)C(=O)Cc1cc(C(C)(C)C)no1. The lowest BCUT2D eigenvalue weighted by atomic mass is 9.87. The number of hydrogen-bond donors (Lipinski definition) is 0. The summed E-state index contributed by atoms with van der Waals surface area (Å²) in [6, 6.07) is 1.78. The predicted molar refractivity (Wildman–Crippen MR) is 95.3 cm³/mol. The third kappa shape index (κ3) is 5.14. The van der Waals surface area contributed by atoms with E-state index in [0.29, 0.717) is 31.8 Å². The molecule has 0 spiro atoms. The van der Waals surface area contributed by atoms with Crippen LogP contribution in [0.25, 0.3) is 0 Å². The fourth-order valence-electron chi connectivity index (χ4n) is 2.88. The van der Waals surface area contributed by atoms with E-state index in [1.165, 1.54) is 0 Å². The van der Waals surface area contributed by atoms with Crippen LogP contribution >= 0.6 is 0 Å². The molecule has 6 nitrogen and oxygen atoms in total. The first kappa shape index (κ1) is 20.1. The van der Waals surface area contributed by atoms with Gasteiger partial charge in [0.05, 0.1) is 23.1 Å². The van der Waals surface area contributed by atoms with Crippen LogP contribution < -0.4 is 0 Å². The van der Waals surface area contributed by atoms with Crippen molar-refractivity contribution in [3.8, 4) is 0 Å². The predicted octanol–water partition coefficient (Wildman–Crippen LogP) is 2.70. The summed E-state index contributed by atoms with van der Waals surface area (Å²) < 4.78 is 35.8. The lowest BCUT2D eigenvalue weighted by Crippen LogP contribution is -2.39. The average molecular weight is 371 g/mol. The number of Topliss-reactive ketones (excluding diaryl/α,β-unsaturated/α-hetero) is 1. The molecule has 0 saturated carbocycles. The maximum absolute atomic E-state index is 12.7. The van der Waals surface area contributed by atoms with Gasteiger partial charge in [0.25, 0.3) is 0 Å². The minimum atomic E-state index is -3.34. The first-order valence-electron chi connectivity index (χ1n) is 8.70. The van der Waals surface area contributed by atoms with Crippen LogP contribution in [-0.2, 0) is 31.2 Å². The molecule has 1 aromatic heterocycles. The fourth-order valence-corrected chi connectivity index (χ4v) is 5.20. The lowest BCUT2D eigenvalue weighted by molar-refractivity contribution is -0.125.